The third kappa shape index (κ3) is 3.64. The lowest BCUT2D eigenvalue weighted by atomic mass is 10.1. The number of anilines is 2. The number of carbonyl (C=O) groups excluding carboxylic acids is 1. The van der Waals surface area contributed by atoms with E-state index in [-0.39, 0.29) is 11.7 Å². The van der Waals surface area contributed by atoms with Crippen LogP contribution in [-0.2, 0) is 6.54 Å². The number of fused-ring (bicyclic) bond motifs is 1. The minimum Gasteiger partial charge on any atom is -0.383 e. The number of urea groups is 1. The fraction of sp³-hybridized carbons (Fsp3) is 0.333. The maximum Gasteiger partial charge on any atom is 0.321 e. The van der Waals surface area contributed by atoms with Crippen molar-refractivity contribution >= 4 is 28.6 Å². The molecule has 0 atom stereocenters. The number of likely N-dealkylation sites (tertiary alicyclic amines) is 1. The summed E-state index contributed by atoms with van der Waals surface area (Å²) in [6.45, 7) is 5.68. The molecule has 2 amide bonds. The van der Waals surface area contributed by atoms with E-state index in [1.54, 1.807) is 22.6 Å². The topological polar surface area (TPSA) is 102 Å². The standard InChI is InChI=1S/C21H22FN7O/c1-3-29-20-18(19(23)24-12-25-20)16(27-29)7-6-14-11-17(15(22)10-13(14)2)26-21(30)28-8-4-5-9-28/h10-12H,3-5,8-9H2,1-2H3,(H,26,30)(H2,23,24,25). The largest absolute Gasteiger partial charge is 0.383 e. The van der Waals surface area contributed by atoms with Gasteiger partial charge in [0.25, 0.3) is 0 Å². The summed E-state index contributed by atoms with van der Waals surface area (Å²) in [4.78, 5) is 22.3. The molecule has 3 N–H and O–H groups in total. The lowest BCUT2D eigenvalue weighted by Crippen LogP contribution is -2.32. The van der Waals surface area contributed by atoms with Crippen molar-refractivity contribution in [2.24, 2.45) is 0 Å². The molecule has 1 fully saturated rings. The summed E-state index contributed by atoms with van der Waals surface area (Å²) in [5.41, 5.74) is 8.42. The van der Waals surface area contributed by atoms with Crippen molar-refractivity contribution in [1.82, 2.24) is 24.6 Å². The van der Waals surface area contributed by atoms with Crippen molar-refractivity contribution in [3.8, 4) is 11.8 Å². The first kappa shape index (κ1) is 19.6. The number of carbonyl (C=O) groups is 1. The lowest BCUT2D eigenvalue weighted by molar-refractivity contribution is 0.222. The van der Waals surface area contributed by atoms with E-state index in [0.29, 0.717) is 53.3 Å². The number of nitrogens with two attached hydrogens (primary N) is 1. The quantitative estimate of drug-likeness (QED) is 0.636. The van der Waals surface area contributed by atoms with Gasteiger partial charge in [0, 0.05) is 25.2 Å². The molecule has 9 heteroatoms. The summed E-state index contributed by atoms with van der Waals surface area (Å²) in [6.07, 6.45) is 3.32. The van der Waals surface area contributed by atoms with Crippen molar-refractivity contribution in [3.63, 3.8) is 0 Å². The number of nitrogen functional groups attached to an aromatic ring is 1. The first-order valence-electron chi connectivity index (χ1n) is 9.83. The van der Waals surface area contributed by atoms with Crippen molar-refractivity contribution in [2.45, 2.75) is 33.2 Å². The molecule has 0 unspecified atom stereocenters. The molecule has 0 aliphatic carbocycles. The molecule has 3 heterocycles. The fourth-order valence-corrected chi connectivity index (χ4v) is 3.48. The predicted molar refractivity (Wildman–Crippen MR) is 112 cm³/mol. The van der Waals surface area contributed by atoms with Gasteiger partial charge in [-0.3, -0.25) is 0 Å². The summed E-state index contributed by atoms with van der Waals surface area (Å²) in [7, 11) is 0. The zero-order valence-electron chi connectivity index (χ0n) is 16.9. The van der Waals surface area contributed by atoms with Crippen molar-refractivity contribution in [2.75, 3.05) is 24.1 Å². The molecule has 0 bridgehead atoms. The average molecular weight is 407 g/mol. The minimum absolute atomic E-state index is 0.105. The zero-order valence-corrected chi connectivity index (χ0v) is 16.9. The van der Waals surface area contributed by atoms with E-state index in [4.69, 9.17) is 5.73 Å². The minimum atomic E-state index is -0.496. The SMILES string of the molecule is CCn1nc(C#Cc2cc(NC(=O)N3CCCC3)c(F)cc2C)c2c(N)ncnc21. The Hall–Kier alpha value is -3.67. The van der Waals surface area contributed by atoms with Gasteiger partial charge in [-0.05, 0) is 50.3 Å². The van der Waals surface area contributed by atoms with Gasteiger partial charge in [-0.1, -0.05) is 5.92 Å². The highest BCUT2D eigenvalue weighted by Crippen LogP contribution is 2.23. The van der Waals surface area contributed by atoms with Gasteiger partial charge in [0.2, 0.25) is 0 Å². The first-order valence-corrected chi connectivity index (χ1v) is 9.83. The molecule has 1 aliphatic heterocycles. The number of hydrogen-bond acceptors (Lipinski definition) is 5. The van der Waals surface area contributed by atoms with E-state index < -0.39 is 5.82 Å². The van der Waals surface area contributed by atoms with Gasteiger partial charge in [-0.15, -0.1) is 0 Å². The molecule has 0 spiro atoms. The van der Waals surface area contributed by atoms with E-state index in [1.807, 2.05) is 6.92 Å². The molecule has 154 valence electrons. The van der Waals surface area contributed by atoms with E-state index >= 15 is 0 Å². The Balaban J connectivity index is 1.69. The van der Waals surface area contributed by atoms with Gasteiger partial charge >= 0.3 is 6.03 Å². The Labute approximate surface area is 173 Å². The van der Waals surface area contributed by atoms with E-state index in [1.165, 1.54) is 12.4 Å². The number of rotatable bonds is 2. The van der Waals surface area contributed by atoms with Crippen LogP contribution in [0.2, 0.25) is 0 Å². The van der Waals surface area contributed by atoms with Crippen molar-refractivity contribution < 1.29 is 9.18 Å². The molecule has 1 aromatic carbocycles. The Bertz CT molecular complexity index is 1190. The van der Waals surface area contributed by atoms with Gasteiger partial charge in [0.05, 0.1) is 11.1 Å². The third-order valence-corrected chi connectivity index (χ3v) is 5.12. The number of hydrogen-bond donors (Lipinski definition) is 2. The number of amides is 2. The van der Waals surface area contributed by atoms with Crippen LogP contribution >= 0.6 is 0 Å². The summed E-state index contributed by atoms with van der Waals surface area (Å²) >= 11 is 0. The first-order chi connectivity index (χ1) is 14.5. The van der Waals surface area contributed by atoms with Crippen LogP contribution in [0.1, 0.15) is 36.6 Å². The van der Waals surface area contributed by atoms with E-state index in [0.717, 1.165) is 12.8 Å². The van der Waals surface area contributed by atoms with Gasteiger partial charge in [0.1, 0.15) is 23.7 Å². The fourth-order valence-electron chi connectivity index (χ4n) is 3.48. The molecule has 4 rings (SSSR count). The van der Waals surface area contributed by atoms with Crippen LogP contribution in [0.3, 0.4) is 0 Å². The normalized spacial score (nSPS) is 13.4. The number of nitrogens with one attached hydrogen (secondary N) is 1. The highest BCUT2D eigenvalue weighted by molar-refractivity contribution is 5.91. The Morgan fingerprint density at radius 2 is 2.03 bits per heavy atom. The van der Waals surface area contributed by atoms with Crippen LogP contribution in [0.4, 0.5) is 20.7 Å². The highest BCUT2D eigenvalue weighted by atomic mass is 19.1. The Morgan fingerprint density at radius 3 is 2.77 bits per heavy atom. The Kier molecular flexibility index (Phi) is 5.23. The number of nitrogens with zero attached hydrogens (tertiary/aromatic N) is 5. The third-order valence-electron chi connectivity index (χ3n) is 5.12. The van der Waals surface area contributed by atoms with Crippen molar-refractivity contribution in [1.29, 1.82) is 0 Å². The molecule has 8 nitrogen and oxygen atoms in total. The molecule has 2 aromatic heterocycles. The monoisotopic (exact) mass is 407 g/mol. The van der Waals surface area contributed by atoms with Crippen LogP contribution in [0.25, 0.3) is 11.0 Å². The lowest BCUT2D eigenvalue weighted by Gasteiger charge is -2.17. The molecule has 30 heavy (non-hydrogen) atoms. The Morgan fingerprint density at radius 1 is 1.27 bits per heavy atom. The number of aryl methyl sites for hydroxylation is 2. The van der Waals surface area contributed by atoms with Crippen LogP contribution in [0.15, 0.2) is 18.5 Å². The van der Waals surface area contributed by atoms with E-state index in [2.05, 4.69) is 32.2 Å². The molecule has 3 aromatic rings. The smallest absolute Gasteiger partial charge is 0.321 e. The summed E-state index contributed by atoms with van der Waals surface area (Å²) in [5.74, 6) is 5.84. The summed E-state index contributed by atoms with van der Waals surface area (Å²) in [6, 6.07) is 2.61. The zero-order chi connectivity index (χ0) is 21.3. The molecule has 1 aliphatic rings. The summed E-state index contributed by atoms with van der Waals surface area (Å²) < 4.78 is 16.1. The van der Waals surface area contributed by atoms with E-state index in [9.17, 15) is 9.18 Å². The number of benzene rings is 1. The average Bonchev–Trinajstić information content (AvgIpc) is 3.38. The second-order valence-electron chi connectivity index (χ2n) is 7.14. The number of aromatic nitrogens is 4. The number of halogens is 1. The van der Waals surface area contributed by atoms with Crippen LogP contribution in [0, 0.1) is 24.6 Å². The molecular weight excluding hydrogens is 385 g/mol. The molecular formula is C21H22FN7O. The maximum absolute atomic E-state index is 14.4. The second-order valence-corrected chi connectivity index (χ2v) is 7.14. The van der Waals surface area contributed by atoms with Gasteiger partial charge in [0.15, 0.2) is 5.65 Å². The maximum atomic E-state index is 14.4. The molecule has 0 radical (unpaired) electrons. The van der Waals surface area contributed by atoms with Crippen LogP contribution in [-0.4, -0.2) is 43.8 Å². The van der Waals surface area contributed by atoms with Gasteiger partial charge in [-0.25, -0.2) is 23.8 Å². The molecule has 0 saturated carbocycles. The van der Waals surface area contributed by atoms with Crippen molar-refractivity contribution in [3.05, 3.63) is 41.1 Å². The molecule has 1 saturated heterocycles. The highest BCUT2D eigenvalue weighted by Gasteiger charge is 2.19. The van der Waals surface area contributed by atoms with Gasteiger partial charge < -0.3 is 16.0 Å². The second kappa shape index (κ2) is 7.99. The van der Waals surface area contributed by atoms with Gasteiger partial charge in [-0.2, -0.15) is 5.10 Å². The summed E-state index contributed by atoms with van der Waals surface area (Å²) in [5, 5.41) is 7.71. The van der Waals surface area contributed by atoms with Crippen LogP contribution < -0.4 is 11.1 Å². The predicted octanol–water partition coefficient (Wildman–Crippen LogP) is 2.90. The van der Waals surface area contributed by atoms with Crippen LogP contribution in [0.5, 0.6) is 0 Å².